The molecule has 16 heavy (non-hydrogen) atoms. The van der Waals surface area contributed by atoms with E-state index in [4.69, 9.17) is 0 Å². The molecule has 0 aliphatic carbocycles. The van der Waals surface area contributed by atoms with Gasteiger partial charge in [0.1, 0.15) is 0 Å². The van der Waals surface area contributed by atoms with E-state index < -0.39 is 5.60 Å². The Morgan fingerprint density at radius 2 is 2.38 bits per heavy atom. The van der Waals surface area contributed by atoms with Crippen LogP contribution in [0.1, 0.15) is 18.9 Å². The molecule has 1 aliphatic heterocycles. The molecule has 1 aliphatic rings. The van der Waals surface area contributed by atoms with Crippen LogP contribution in [0.5, 0.6) is 0 Å². The number of rotatable bonds is 2. The third-order valence-electron chi connectivity index (χ3n) is 3.27. The van der Waals surface area contributed by atoms with Crippen LogP contribution >= 0.6 is 15.9 Å². The van der Waals surface area contributed by atoms with Crippen LogP contribution in [0, 0.1) is 0 Å². The van der Waals surface area contributed by atoms with Crippen molar-refractivity contribution < 1.29 is 5.11 Å². The minimum absolute atomic E-state index is 0.449. The van der Waals surface area contributed by atoms with E-state index in [1.54, 1.807) is 6.20 Å². The van der Waals surface area contributed by atoms with E-state index in [0.717, 1.165) is 23.0 Å². The molecule has 2 unspecified atom stereocenters. The summed E-state index contributed by atoms with van der Waals surface area (Å²) in [5, 5.41) is 10.5. The second kappa shape index (κ2) is 4.43. The maximum Gasteiger partial charge on any atom is 0.0829 e. The van der Waals surface area contributed by atoms with Crippen molar-refractivity contribution in [3.63, 3.8) is 0 Å². The smallest absolute Gasteiger partial charge is 0.0829 e. The zero-order valence-corrected chi connectivity index (χ0v) is 11.2. The molecule has 1 N–H and O–H groups in total. The van der Waals surface area contributed by atoms with Gasteiger partial charge in [-0.05, 0) is 48.0 Å². The highest BCUT2D eigenvalue weighted by molar-refractivity contribution is 9.10. The Morgan fingerprint density at radius 3 is 2.94 bits per heavy atom. The van der Waals surface area contributed by atoms with Gasteiger partial charge in [-0.1, -0.05) is 0 Å². The molecule has 2 heterocycles. The molecule has 88 valence electrons. The van der Waals surface area contributed by atoms with Gasteiger partial charge in [-0.3, -0.25) is 4.98 Å². The monoisotopic (exact) mass is 284 g/mol. The summed E-state index contributed by atoms with van der Waals surface area (Å²) in [7, 11) is 2.06. The third-order valence-corrected chi connectivity index (χ3v) is 3.70. The lowest BCUT2D eigenvalue weighted by Gasteiger charge is -2.22. The Morgan fingerprint density at radius 1 is 1.62 bits per heavy atom. The highest BCUT2D eigenvalue weighted by Crippen LogP contribution is 2.29. The van der Waals surface area contributed by atoms with E-state index >= 15 is 0 Å². The van der Waals surface area contributed by atoms with E-state index in [0.29, 0.717) is 12.5 Å². The number of pyridine rings is 1. The zero-order chi connectivity index (χ0) is 11.8. The Hall–Kier alpha value is -0.450. The Labute approximate surface area is 105 Å². The van der Waals surface area contributed by atoms with Gasteiger partial charge in [-0.2, -0.15) is 0 Å². The SMILES string of the molecule is CC1CC(O)(Cc2cncc(Br)c2)CN1C. The predicted molar refractivity (Wildman–Crippen MR) is 67.3 cm³/mol. The van der Waals surface area contributed by atoms with Gasteiger partial charge < -0.3 is 10.0 Å². The van der Waals surface area contributed by atoms with Gasteiger partial charge in [-0.25, -0.2) is 0 Å². The summed E-state index contributed by atoms with van der Waals surface area (Å²) < 4.78 is 0.966. The van der Waals surface area contributed by atoms with Gasteiger partial charge in [0.25, 0.3) is 0 Å². The number of likely N-dealkylation sites (N-methyl/N-ethyl adjacent to an activating group) is 1. The molecular weight excluding hydrogens is 268 g/mol. The molecule has 0 amide bonds. The highest BCUT2D eigenvalue weighted by Gasteiger charge is 2.38. The fourth-order valence-corrected chi connectivity index (χ4v) is 2.86. The second-order valence-electron chi connectivity index (χ2n) is 4.88. The van der Waals surface area contributed by atoms with Gasteiger partial charge in [0, 0.05) is 35.9 Å². The van der Waals surface area contributed by atoms with E-state index in [1.807, 2.05) is 12.3 Å². The van der Waals surface area contributed by atoms with Crippen molar-refractivity contribution in [3.05, 3.63) is 28.5 Å². The molecule has 0 bridgehead atoms. The summed E-state index contributed by atoms with van der Waals surface area (Å²) in [6.45, 7) is 2.89. The lowest BCUT2D eigenvalue weighted by atomic mass is 9.93. The normalized spacial score (nSPS) is 30.9. The molecule has 2 rings (SSSR count). The van der Waals surface area contributed by atoms with Crippen molar-refractivity contribution in [2.75, 3.05) is 13.6 Å². The average molecular weight is 285 g/mol. The van der Waals surface area contributed by atoms with Gasteiger partial charge in [0.2, 0.25) is 0 Å². The number of β-amino-alcohol motifs (C(OH)–C–C–N with tert-alkyl or cyclic N) is 1. The van der Waals surface area contributed by atoms with Crippen LogP contribution in [0.15, 0.2) is 22.9 Å². The molecule has 0 radical (unpaired) electrons. The first kappa shape index (κ1) is 12.0. The molecule has 2 atom stereocenters. The summed E-state index contributed by atoms with van der Waals surface area (Å²) in [4.78, 5) is 6.32. The van der Waals surface area contributed by atoms with E-state index in [-0.39, 0.29) is 0 Å². The Kier molecular flexibility index (Phi) is 3.33. The molecule has 0 aromatic carbocycles. The van der Waals surface area contributed by atoms with Crippen molar-refractivity contribution in [3.8, 4) is 0 Å². The lowest BCUT2D eigenvalue weighted by molar-refractivity contribution is 0.0520. The van der Waals surface area contributed by atoms with Gasteiger partial charge in [0.15, 0.2) is 0 Å². The lowest BCUT2D eigenvalue weighted by Crippen LogP contribution is -2.34. The molecule has 0 spiro atoms. The molecule has 1 saturated heterocycles. The van der Waals surface area contributed by atoms with Crippen LogP contribution < -0.4 is 0 Å². The number of aliphatic hydroxyl groups is 1. The summed E-state index contributed by atoms with van der Waals surface area (Å²) in [5.74, 6) is 0. The summed E-state index contributed by atoms with van der Waals surface area (Å²) in [6, 6.07) is 2.47. The average Bonchev–Trinajstić information content (AvgIpc) is 2.40. The molecule has 1 aromatic heterocycles. The standard InChI is InChI=1S/C12H17BrN2O/c1-9-4-12(16,8-15(9)2)5-10-3-11(13)7-14-6-10/h3,6-7,9,16H,4-5,8H2,1-2H3. The molecule has 3 nitrogen and oxygen atoms in total. The predicted octanol–water partition coefficient (Wildman–Crippen LogP) is 1.84. The first-order chi connectivity index (χ1) is 7.48. The summed E-state index contributed by atoms with van der Waals surface area (Å²) in [5.41, 5.74) is 0.482. The number of aromatic nitrogens is 1. The summed E-state index contributed by atoms with van der Waals surface area (Å²) in [6.07, 6.45) is 5.09. The van der Waals surface area contributed by atoms with Crippen molar-refractivity contribution in [1.82, 2.24) is 9.88 Å². The fourth-order valence-electron chi connectivity index (χ4n) is 2.45. The van der Waals surface area contributed by atoms with Crippen LogP contribution in [-0.4, -0.2) is 40.2 Å². The van der Waals surface area contributed by atoms with Gasteiger partial charge in [-0.15, -0.1) is 0 Å². The Bertz CT molecular complexity index is 373. The maximum absolute atomic E-state index is 10.5. The molecule has 0 saturated carbocycles. The van der Waals surface area contributed by atoms with Crippen LogP contribution in [-0.2, 0) is 6.42 Å². The van der Waals surface area contributed by atoms with Crippen molar-refractivity contribution in [1.29, 1.82) is 0 Å². The first-order valence-corrected chi connectivity index (χ1v) is 6.30. The van der Waals surface area contributed by atoms with E-state index in [1.165, 1.54) is 0 Å². The van der Waals surface area contributed by atoms with Crippen molar-refractivity contribution in [2.45, 2.75) is 31.4 Å². The molecule has 1 aromatic rings. The number of likely N-dealkylation sites (tertiary alicyclic amines) is 1. The second-order valence-corrected chi connectivity index (χ2v) is 5.80. The highest BCUT2D eigenvalue weighted by atomic mass is 79.9. The molecule has 4 heteroatoms. The van der Waals surface area contributed by atoms with Crippen LogP contribution in [0.3, 0.4) is 0 Å². The van der Waals surface area contributed by atoms with Crippen LogP contribution in [0.4, 0.5) is 0 Å². The molecule has 1 fully saturated rings. The maximum atomic E-state index is 10.5. The quantitative estimate of drug-likeness (QED) is 0.900. The number of halogens is 1. The number of hydrogen-bond donors (Lipinski definition) is 1. The van der Waals surface area contributed by atoms with E-state index in [2.05, 4.69) is 39.8 Å². The van der Waals surface area contributed by atoms with Crippen LogP contribution in [0.25, 0.3) is 0 Å². The molecular formula is C12H17BrN2O. The van der Waals surface area contributed by atoms with Crippen LogP contribution in [0.2, 0.25) is 0 Å². The third kappa shape index (κ3) is 2.62. The number of nitrogens with zero attached hydrogens (tertiary/aromatic N) is 2. The zero-order valence-electron chi connectivity index (χ0n) is 9.65. The van der Waals surface area contributed by atoms with Gasteiger partial charge in [0.05, 0.1) is 5.60 Å². The minimum atomic E-state index is -0.601. The number of hydrogen-bond acceptors (Lipinski definition) is 3. The first-order valence-electron chi connectivity index (χ1n) is 5.51. The summed E-state index contributed by atoms with van der Waals surface area (Å²) >= 11 is 3.40. The largest absolute Gasteiger partial charge is 0.388 e. The Balaban J connectivity index is 2.10. The topological polar surface area (TPSA) is 36.4 Å². The minimum Gasteiger partial charge on any atom is -0.388 e. The van der Waals surface area contributed by atoms with Crippen molar-refractivity contribution in [2.24, 2.45) is 0 Å². The fraction of sp³-hybridized carbons (Fsp3) is 0.583. The van der Waals surface area contributed by atoms with Gasteiger partial charge >= 0.3 is 0 Å². The van der Waals surface area contributed by atoms with E-state index in [9.17, 15) is 5.11 Å². The van der Waals surface area contributed by atoms with Crippen molar-refractivity contribution >= 4 is 15.9 Å².